The van der Waals surface area contributed by atoms with E-state index in [9.17, 15) is 9.90 Å². The molecule has 0 fully saturated rings. The Labute approximate surface area is 131 Å². The van der Waals surface area contributed by atoms with Gasteiger partial charge in [-0.05, 0) is 37.3 Å². The molecule has 0 saturated carbocycles. The lowest BCUT2D eigenvalue weighted by Gasteiger charge is -2.12. The maximum atomic E-state index is 12.4. The van der Waals surface area contributed by atoms with Crippen LogP contribution in [0.1, 0.15) is 6.92 Å². The number of ether oxygens (including phenoxy) is 2. The van der Waals surface area contributed by atoms with Gasteiger partial charge in [0.2, 0.25) is 6.79 Å². The first kappa shape index (κ1) is 13.6. The van der Waals surface area contributed by atoms with Gasteiger partial charge < -0.3 is 14.6 Å². The van der Waals surface area contributed by atoms with Crippen LogP contribution in [0.2, 0.25) is 0 Å². The van der Waals surface area contributed by atoms with Crippen LogP contribution in [0, 0.1) is 0 Å². The normalized spacial score (nSPS) is 12.7. The molecule has 0 atom stereocenters. The first-order chi connectivity index (χ1) is 11.2. The number of aromatic hydroxyl groups is 1. The molecular weight excluding hydrogens is 296 g/mol. The van der Waals surface area contributed by atoms with E-state index in [2.05, 4.69) is 4.98 Å². The number of phenols is 1. The second kappa shape index (κ2) is 5.01. The monoisotopic (exact) mass is 310 g/mol. The zero-order valence-electron chi connectivity index (χ0n) is 12.4. The molecule has 0 saturated heterocycles. The van der Waals surface area contributed by atoms with Gasteiger partial charge in [-0.2, -0.15) is 4.98 Å². The number of aryl methyl sites for hydroxylation is 1. The van der Waals surface area contributed by atoms with E-state index in [1.54, 1.807) is 28.8 Å². The van der Waals surface area contributed by atoms with Crippen LogP contribution < -0.4 is 15.2 Å². The van der Waals surface area contributed by atoms with Gasteiger partial charge in [-0.3, -0.25) is 4.57 Å². The van der Waals surface area contributed by atoms with Crippen LogP contribution in [-0.2, 0) is 6.54 Å². The third-order valence-corrected chi connectivity index (χ3v) is 3.93. The zero-order chi connectivity index (χ0) is 16.0. The minimum absolute atomic E-state index is 0.164. The van der Waals surface area contributed by atoms with E-state index in [0.29, 0.717) is 23.7 Å². The van der Waals surface area contributed by atoms with Crippen molar-refractivity contribution in [3.8, 4) is 28.5 Å². The largest absolute Gasteiger partial charge is 0.508 e. The molecule has 4 rings (SSSR count). The summed E-state index contributed by atoms with van der Waals surface area (Å²) in [6.45, 7) is 2.58. The van der Waals surface area contributed by atoms with Gasteiger partial charge in [0.25, 0.3) is 0 Å². The highest BCUT2D eigenvalue weighted by atomic mass is 16.7. The summed E-state index contributed by atoms with van der Waals surface area (Å²) in [6, 6.07) is 10.3. The van der Waals surface area contributed by atoms with Crippen LogP contribution in [0.25, 0.3) is 22.2 Å². The number of benzene rings is 2. The number of rotatable bonds is 2. The Balaban J connectivity index is 2.08. The zero-order valence-corrected chi connectivity index (χ0v) is 12.4. The average molecular weight is 310 g/mol. The second-order valence-electron chi connectivity index (χ2n) is 5.26. The molecule has 0 radical (unpaired) electrons. The first-order valence-electron chi connectivity index (χ1n) is 7.31. The topological polar surface area (TPSA) is 73.6 Å². The lowest BCUT2D eigenvalue weighted by atomic mass is 10.1. The Morgan fingerprint density at radius 3 is 2.57 bits per heavy atom. The summed E-state index contributed by atoms with van der Waals surface area (Å²) in [5, 5.41) is 10.3. The van der Waals surface area contributed by atoms with E-state index in [0.717, 1.165) is 16.5 Å². The van der Waals surface area contributed by atoms with E-state index in [1.165, 1.54) is 0 Å². The number of fused-ring (bicyclic) bond motifs is 2. The molecule has 0 amide bonds. The molecule has 0 aliphatic carbocycles. The Morgan fingerprint density at radius 1 is 1.17 bits per heavy atom. The van der Waals surface area contributed by atoms with Crippen LogP contribution in [0.4, 0.5) is 0 Å². The van der Waals surface area contributed by atoms with E-state index in [-0.39, 0.29) is 18.2 Å². The van der Waals surface area contributed by atoms with Crippen LogP contribution in [0.5, 0.6) is 17.2 Å². The predicted molar refractivity (Wildman–Crippen MR) is 84.9 cm³/mol. The standard InChI is InChI=1S/C17H14N2O4/c1-2-19-13-8-15-14(22-9-23-15)7-12(13)16(18-17(19)21)10-3-5-11(20)6-4-10/h3-8,20H,2,9H2,1H3. The Morgan fingerprint density at radius 2 is 1.87 bits per heavy atom. The molecule has 6 heteroatoms. The molecule has 2 aromatic carbocycles. The van der Waals surface area contributed by atoms with E-state index < -0.39 is 0 Å². The van der Waals surface area contributed by atoms with Crippen molar-refractivity contribution in [1.82, 2.24) is 9.55 Å². The van der Waals surface area contributed by atoms with Gasteiger partial charge in [-0.25, -0.2) is 4.79 Å². The van der Waals surface area contributed by atoms with Crippen molar-refractivity contribution in [3.05, 3.63) is 46.9 Å². The molecule has 1 aliphatic heterocycles. The van der Waals surface area contributed by atoms with Gasteiger partial charge in [0.1, 0.15) is 5.75 Å². The summed E-state index contributed by atoms with van der Waals surface area (Å²) in [4.78, 5) is 16.6. The molecule has 116 valence electrons. The fraction of sp³-hybridized carbons (Fsp3) is 0.176. The lowest BCUT2D eigenvalue weighted by molar-refractivity contribution is 0.174. The van der Waals surface area contributed by atoms with Crippen LogP contribution in [0.3, 0.4) is 0 Å². The highest BCUT2D eigenvalue weighted by molar-refractivity contribution is 5.94. The van der Waals surface area contributed by atoms with Crippen molar-refractivity contribution in [3.63, 3.8) is 0 Å². The lowest BCUT2D eigenvalue weighted by Crippen LogP contribution is -2.23. The number of hydrogen-bond donors (Lipinski definition) is 1. The third kappa shape index (κ3) is 2.11. The average Bonchev–Trinajstić information content (AvgIpc) is 3.01. The van der Waals surface area contributed by atoms with Crippen molar-refractivity contribution in [2.45, 2.75) is 13.5 Å². The summed E-state index contributed by atoms with van der Waals surface area (Å²) in [5.41, 5.74) is 1.75. The van der Waals surface area contributed by atoms with Gasteiger partial charge in [0.05, 0.1) is 11.2 Å². The van der Waals surface area contributed by atoms with Crippen LogP contribution >= 0.6 is 0 Å². The SMILES string of the molecule is CCn1c(=O)nc(-c2ccc(O)cc2)c2cc3c(cc21)OCO3. The molecule has 0 bridgehead atoms. The van der Waals surface area contributed by atoms with E-state index >= 15 is 0 Å². The van der Waals surface area contributed by atoms with Crippen LogP contribution in [-0.4, -0.2) is 21.5 Å². The fourth-order valence-electron chi connectivity index (χ4n) is 2.81. The Bertz CT molecular complexity index is 961. The second-order valence-corrected chi connectivity index (χ2v) is 5.26. The number of hydrogen-bond acceptors (Lipinski definition) is 5. The minimum atomic E-state index is -0.318. The van der Waals surface area contributed by atoms with Gasteiger partial charge >= 0.3 is 5.69 Å². The minimum Gasteiger partial charge on any atom is -0.508 e. The van der Waals surface area contributed by atoms with Crippen LogP contribution in [0.15, 0.2) is 41.2 Å². The molecule has 1 N–H and O–H groups in total. The molecule has 6 nitrogen and oxygen atoms in total. The van der Waals surface area contributed by atoms with Crippen molar-refractivity contribution < 1.29 is 14.6 Å². The van der Waals surface area contributed by atoms with Gasteiger partial charge in [0.15, 0.2) is 11.5 Å². The number of nitrogens with zero attached hydrogens (tertiary/aromatic N) is 2. The molecule has 1 aliphatic rings. The molecular formula is C17H14N2O4. The quantitative estimate of drug-likeness (QED) is 0.787. The Hall–Kier alpha value is -3.02. The molecule has 0 spiro atoms. The molecule has 2 heterocycles. The third-order valence-electron chi connectivity index (χ3n) is 3.93. The van der Waals surface area contributed by atoms with Crippen molar-refractivity contribution in [2.75, 3.05) is 6.79 Å². The first-order valence-corrected chi connectivity index (χ1v) is 7.31. The maximum Gasteiger partial charge on any atom is 0.348 e. The maximum absolute atomic E-state index is 12.4. The van der Waals surface area contributed by atoms with Gasteiger partial charge in [0, 0.05) is 23.6 Å². The van der Waals surface area contributed by atoms with Crippen molar-refractivity contribution in [2.24, 2.45) is 0 Å². The predicted octanol–water partition coefficient (Wildman–Crippen LogP) is 2.52. The molecule has 23 heavy (non-hydrogen) atoms. The fourth-order valence-corrected chi connectivity index (χ4v) is 2.81. The Kier molecular flexibility index (Phi) is 2.97. The number of aromatic nitrogens is 2. The summed E-state index contributed by atoms with van der Waals surface area (Å²) >= 11 is 0. The summed E-state index contributed by atoms with van der Waals surface area (Å²) < 4.78 is 12.5. The van der Waals surface area contributed by atoms with E-state index in [1.807, 2.05) is 19.1 Å². The molecule has 0 unspecified atom stereocenters. The van der Waals surface area contributed by atoms with Crippen molar-refractivity contribution in [1.29, 1.82) is 0 Å². The highest BCUT2D eigenvalue weighted by Crippen LogP contribution is 2.38. The van der Waals surface area contributed by atoms with Gasteiger partial charge in [-0.15, -0.1) is 0 Å². The van der Waals surface area contributed by atoms with Gasteiger partial charge in [-0.1, -0.05) is 0 Å². The smallest absolute Gasteiger partial charge is 0.348 e. The number of phenolic OH excluding ortho intramolecular Hbond substituents is 1. The summed E-state index contributed by atoms with van der Waals surface area (Å²) in [6.07, 6.45) is 0. The summed E-state index contributed by atoms with van der Waals surface area (Å²) in [5.74, 6) is 1.43. The molecule has 3 aromatic rings. The highest BCUT2D eigenvalue weighted by Gasteiger charge is 2.19. The summed E-state index contributed by atoms with van der Waals surface area (Å²) in [7, 11) is 0. The molecule has 1 aromatic heterocycles. The van der Waals surface area contributed by atoms with Crippen molar-refractivity contribution >= 4 is 10.9 Å². The van der Waals surface area contributed by atoms with E-state index in [4.69, 9.17) is 9.47 Å².